The van der Waals surface area contributed by atoms with Gasteiger partial charge in [0.05, 0.1) is 18.3 Å². The molecule has 0 aromatic rings. The second kappa shape index (κ2) is 11.4. The third kappa shape index (κ3) is 6.49. The molecule has 4 aliphatic rings. The largest absolute Gasteiger partial charge is 0.392 e. The van der Waals surface area contributed by atoms with Gasteiger partial charge in [-0.05, 0) is 83.0 Å². The second-order valence-corrected chi connectivity index (χ2v) is 9.79. The lowest BCUT2D eigenvalue weighted by atomic mass is 9.77. The van der Waals surface area contributed by atoms with Crippen LogP contribution in [0.3, 0.4) is 0 Å². The summed E-state index contributed by atoms with van der Waals surface area (Å²) in [4.78, 5) is 12.9. The first-order chi connectivity index (χ1) is 14.7. The first-order valence-electron chi connectivity index (χ1n) is 12.4. The molecule has 4 fully saturated rings. The summed E-state index contributed by atoms with van der Waals surface area (Å²) < 4.78 is 23.5. The molecule has 2 saturated heterocycles. The van der Waals surface area contributed by atoms with E-state index in [1.807, 2.05) is 0 Å². The van der Waals surface area contributed by atoms with E-state index in [1.54, 1.807) is 0 Å². The molecule has 2 saturated carbocycles. The van der Waals surface area contributed by atoms with Crippen LogP contribution in [0.5, 0.6) is 0 Å². The van der Waals surface area contributed by atoms with Gasteiger partial charge < -0.3 is 24.1 Å². The molecule has 0 amide bonds. The minimum Gasteiger partial charge on any atom is -0.392 e. The Morgan fingerprint density at radius 1 is 0.767 bits per heavy atom. The Morgan fingerprint density at radius 2 is 1.37 bits per heavy atom. The first kappa shape index (κ1) is 22.7. The van der Waals surface area contributed by atoms with Gasteiger partial charge in [0.25, 0.3) is 0 Å². The Labute approximate surface area is 181 Å². The Kier molecular flexibility index (Phi) is 8.59. The predicted molar refractivity (Wildman–Crippen MR) is 112 cm³/mol. The average Bonchev–Trinajstić information content (AvgIpc) is 2.76. The third-order valence-corrected chi connectivity index (χ3v) is 7.43. The summed E-state index contributed by atoms with van der Waals surface area (Å²) in [6, 6.07) is 0. The van der Waals surface area contributed by atoms with E-state index < -0.39 is 6.10 Å². The van der Waals surface area contributed by atoms with Gasteiger partial charge in [-0.2, -0.15) is 0 Å². The van der Waals surface area contributed by atoms with Crippen LogP contribution in [0.25, 0.3) is 0 Å². The van der Waals surface area contributed by atoms with E-state index >= 15 is 0 Å². The Hall–Kier alpha value is -0.530. The molecule has 2 heterocycles. The van der Waals surface area contributed by atoms with Gasteiger partial charge in [0.2, 0.25) is 0 Å². The minimum absolute atomic E-state index is 0.0155. The van der Waals surface area contributed by atoms with Crippen molar-refractivity contribution in [1.82, 2.24) is 0 Å². The highest BCUT2D eigenvalue weighted by Crippen LogP contribution is 2.35. The van der Waals surface area contributed by atoms with E-state index in [0.717, 1.165) is 83.8 Å². The van der Waals surface area contributed by atoms with Crippen molar-refractivity contribution >= 4 is 5.78 Å². The highest BCUT2D eigenvalue weighted by molar-refractivity contribution is 5.81. The maximum atomic E-state index is 12.9. The molecule has 30 heavy (non-hydrogen) atoms. The number of carbonyl (C=O) groups is 1. The normalized spacial score (nSPS) is 40.8. The van der Waals surface area contributed by atoms with Crippen LogP contribution in [-0.4, -0.2) is 55.0 Å². The smallest absolute Gasteiger partial charge is 0.157 e. The zero-order valence-corrected chi connectivity index (χ0v) is 18.3. The summed E-state index contributed by atoms with van der Waals surface area (Å²) in [5.74, 6) is 0.457. The number of hydrogen-bond donors (Lipinski definition) is 1. The van der Waals surface area contributed by atoms with E-state index in [4.69, 9.17) is 18.9 Å². The topological polar surface area (TPSA) is 74.2 Å². The molecule has 0 radical (unpaired) electrons. The molecule has 0 spiro atoms. The molecule has 172 valence electrons. The SMILES string of the molecule is O=C(CC1CCC(OC2CCCCO2)CC1)C1CCC(OC2CCCCO2)CC1O. The van der Waals surface area contributed by atoms with Crippen molar-refractivity contribution in [2.24, 2.45) is 11.8 Å². The highest BCUT2D eigenvalue weighted by atomic mass is 16.7. The van der Waals surface area contributed by atoms with E-state index in [-0.39, 0.29) is 36.5 Å². The molecule has 4 rings (SSSR count). The third-order valence-electron chi connectivity index (χ3n) is 7.43. The van der Waals surface area contributed by atoms with E-state index in [1.165, 1.54) is 6.42 Å². The number of ether oxygens (including phenoxy) is 4. The zero-order chi connectivity index (χ0) is 20.8. The van der Waals surface area contributed by atoms with Crippen LogP contribution >= 0.6 is 0 Å². The highest BCUT2D eigenvalue weighted by Gasteiger charge is 2.37. The van der Waals surface area contributed by atoms with Gasteiger partial charge in [-0.25, -0.2) is 0 Å². The Bertz CT molecular complexity index is 520. The molecule has 0 aromatic carbocycles. The number of rotatable bonds is 7. The van der Waals surface area contributed by atoms with Gasteiger partial charge in [0, 0.05) is 32.0 Å². The molecule has 5 atom stereocenters. The van der Waals surface area contributed by atoms with Crippen LogP contribution in [-0.2, 0) is 23.7 Å². The van der Waals surface area contributed by atoms with Crippen LogP contribution < -0.4 is 0 Å². The van der Waals surface area contributed by atoms with Crippen molar-refractivity contribution in [3.8, 4) is 0 Å². The van der Waals surface area contributed by atoms with Crippen LogP contribution in [0.1, 0.15) is 89.9 Å². The number of aliphatic hydroxyl groups is 1. The number of ketones is 1. The standard InChI is InChI=1S/C24H40O6/c25-21(15-17-7-9-18(10-8-17)29-23-5-1-3-13-27-23)20-12-11-19(16-22(20)26)30-24-6-2-4-14-28-24/h17-20,22-24,26H,1-16H2. The number of carbonyl (C=O) groups excluding carboxylic acids is 1. The molecule has 2 aliphatic carbocycles. The van der Waals surface area contributed by atoms with Crippen LogP contribution in [0, 0.1) is 11.8 Å². The molecule has 0 bridgehead atoms. The van der Waals surface area contributed by atoms with Gasteiger partial charge in [0.1, 0.15) is 5.78 Å². The fourth-order valence-electron chi connectivity index (χ4n) is 5.58. The number of Topliss-reactive ketones (excluding diaryl/α,β-unsaturated/α-hetero) is 1. The fraction of sp³-hybridized carbons (Fsp3) is 0.958. The van der Waals surface area contributed by atoms with E-state index in [2.05, 4.69) is 0 Å². The fourth-order valence-corrected chi connectivity index (χ4v) is 5.58. The summed E-state index contributed by atoms with van der Waals surface area (Å²) in [6.07, 6.45) is 12.9. The maximum absolute atomic E-state index is 12.9. The van der Waals surface area contributed by atoms with E-state index in [0.29, 0.717) is 18.8 Å². The van der Waals surface area contributed by atoms with Gasteiger partial charge in [-0.3, -0.25) is 4.79 Å². The second-order valence-electron chi connectivity index (χ2n) is 9.79. The quantitative estimate of drug-likeness (QED) is 0.663. The number of hydrogen-bond acceptors (Lipinski definition) is 6. The van der Waals surface area contributed by atoms with Crippen LogP contribution in [0.4, 0.5) is 0 Å². The Morgan fingerprint density at radius 3 is 1.93 bits per heavy atom. The average molecular weight is 425 g/mol. The molecular formula is C24H40O6. The monoisotopic (exact) mass is 424 g/mol. The van der Waals surface area contributed by atoms with Gasteiger partial charge in [-0.15, -0.1) is 0 Å². The van der Waals surface area contributed by atoms with Crippen LogP contribution in [0.15, 0.2) is 0 Å². The van der Waals surface area contributed by atoms with E-state index in [9.17, 15) is 9.90 Å². The van der Waals surface area contributed by atoms with Gasteiger partial charge >= 0.3 is 0 Å². The lowest BCUT2D eigenvalue weighted by Crippen LogP contribution is -2.40. The summed E-state index contributed by atoms with van der Waals surface area (Å²) in [5.41, 5.74) is 0. The van der Waals surface area contributed by atoms with Gasteiger partial charge in [-0.1, -0.05) is 0 Å². The summed E-state index contributed by atoms with van der Waals surface area (Å²) >= 11 is 0. The molecule has 0 aromatic heterocycles. The van der Waals surface area contributed by atoms with Crippen molar-refractivity contribution in [3.05, 3.63) is 0 Å². The first-order valence-corrected chi connectivity index (χ1v) is 12.4. The summed E-state index contributed by atoms with van der Waals surface area (Å²) in [7, 11) is 0. The minimum atomic E-state index is -0.581. The molecule has 5 unspecified atom stereocenters. The molecule has 2 aliphatic heterocycles. The van der Waals surface area contributed by atoms with Crippen molar-refractivity contribution in [2.75, 3.05) is 13.2 Å². The van der Waals surface area contributed by atoms with Gasteiger partial charge in [0.15, 0.2) is 12.6 Å². The molecular weight excluding hydrogens is 384 g/mol. The zero-order valence-electron chi connectivity index (χ0n) is 18.3. The van der Waals surface area contributed by atoms with Crippen molar-refractivity contribution in [1.29, 1.82) is 0 Å². The lowest BCUT2D eigenvalue weighted by Gasteiger charge is -2.36. The van der Waals surface area contributed by atoms with Crippen LogP contribution in [0.2, 0.25) is 0 Å². The summed E-state index contributed by atoms with van der Waals surface area (Å²) in [5, 5.41) is 10.6. The molecule has 6 nitrogen and oxygen atoms in total. The Balaban J connectivity index is 1.15. The van der Waals surface area contributed by atoms with Crippen molar-refractivity contribution in [2.45, 2.75) is 121 Å². The maximum Gasteiger partial charge on any atom is 0.157 e. The number of aliphatic hydroxyl groups excluding tert-OH is 1. The summed E-state index contributed by atoms with van der Waals surface area (Å²) in [6.45, 7) is 1.58. The molecule has 6 heteroatoms. The predicted octanol–water partition coefficient (Wildman–Crippen LogP) is 4.12. The van der Waals surface area contributed by atoms with Crippen molar-refractivity contribution < 1.29 is 28.8 Å². The lowest BCUT2D eigenvalue weighted by molar-refractivity contribution is -0.201. The molecule has 1 N–H and O–H groups in total. The van der Waals surface area contributed by atoms with Crippen molar-refractivity contribution in [3.63, 3.8) is 0 Å².